The van der Waals surface area contributed by atoms with E-state index in [0.717, 1.165) is 31.6 Å². The molecule has 1 aliphatic heterocycles. The van der Waals surface area contributed by atoms with Crippen molar-refractivity contribution in [2.45, 2.75) is 18.9 Å². The number of aromatic nitrogens is 1. The number of pyridine rings is 1. The highest BCUT2D eigenvalue weighted by Crippen LogP contribution is 2.31. The van der Waals surface area contributed by atoms with Crippen LogP contribution < -0.4 is 5.73 Å². The van der Waals surface area contributed by atoms with Crippen molar-refractivity contribution in [2.24, 2.45) is 11.7 Å². The molecule has 5 heteroatoms. The quantitative estimate of drug-likeness (QED) is 0.833. The number of hydrogen-bond acceptors (Lipinski definition) is 3. The van der Waals surface area contributed by atoms with Crippen LogP contribution >= 0.6 is 23.2 Å². The number of rotatable bonds is 2. The van der Waals surface area contributed by atoms with Crippen LogP contribution in [0.2, 0.25) is 10.3 Å². The predicted molar refractivity (Wildman–Crippen MR) is 64.7 cm³/mol. The third kappa shape index (κ3) is 2.66. The average Bonchev–Trinajstić information content (AvgIpc) is 2.29. The van der Waals surface area contributed by atoms with Gasteiger partial charge in [0.2, 0.25) is 0 Å². The van der Waals surface area contributed by atoms with Crippen LogP contribution in [0.4, 0.5) is 0 Å². The largest absolute Gasteiger partial charge is 0.381 e. The van der Waals surface area contributed by atoms with Crippen molar-refractivity contribution in [1.29, 1.82) is 0 Å². The van der Waals surface area contributed by atoms with Gasteiger partial charge in [-0.2, -0.15) is 0 Å². The molecule has 1 aromatic rings. The van der Waals surface area contributed by atoms with Gasteiger partial charge >= 0.3 is 0 Å². The van der Waals surface area contributed by atoms with E-state index in [2.05, 4.69) is 4.98 Å². The third-order valence-corrected chi connectivity index (χ3v) is 3.49. The number of hydrogen-bond donors (Lipinski definition) is 1. The standard InChI is InChI=1S/C11H14Cl2N2O/c12-9-2-1-8(11(13)15-9)10(14)7-3-5-16-6-4-7/h1-2,7,10H,3-6,14H2/t10-/m1/s1. The van der Waals surface area contributed by atoms with Gasteiger partial charge in [0, 0.05) is 24.8 Å². The minimum Gasteiger partial charge on any atom is -0.381 e. The minimum absolute atomic E-state index is 0.0823. The molecule has 2 heterocycles. The molecule has 0 spiro atoms. The summed E-state index contributed by atoms with van der Waals surface area (Å²) in [5.74, 6) is 0.411. The maximum Gasteiger partial charge on any atom is 0.135 e. The Labute approximate surface area is 105 Å². The Morgan fingerprint density at radius 3 is 2.62 bits per heavy atom. The summed E-state index contributed by atoms with van der Waals surface area (Å²) in [4.78, 5) is 4.01. The van der Waals surface area contributed by atoms with Crippen LogP contribution in [-0.2, 0) is 4.74 Å². The average molecular weight is 261 g/mol. The van der Waals surface area contributed by atoms with Crippen molar-refractivity contribution < 1.29 is 4.74 Å². The maximum atomic E-state index is 6.20. The van der Waals surface area contributed by atoms with Gasteiger partial charge < -0.3 is 10.5 Å². The Balaban J connectivity index is 2.15. The van der Waals surface area contributed by atoms with E-state index in [0.29, 0.717) is 16.2 Å². The van der Waals surface area contributed by atoms with Gasteiger partial charge in [-0.1, -0.05) is 29.3 Å². The minimum atomic E-state index is -0.0823. The van der Waals surface area contributed by atoms with Gasteiger partial charge in [0.25, 0.3) is 0 Å². The highest BCUT2D eigenvalue weighted by molar-refractivity contribution is 6.32. The van der Waals surface area contributed by atoms with Gasteiger partial charge in [0.1, 0.15) is 10.3 Å². The van der Waals surface area contributed by atoms with E-state index >= 15 is 0 Å². The molecule has 0 aliphatic carbocycles. The zero-order valence-corrected chi connectivity index (χ0v) is 10.3. The van der Waals surface area contributed by atoms with Crippen molar-refractivity contribution in [3.05, 3.63) is 28.0 Å². The molecule has 0 bridgehead atoms. The highest BCUT2D eigenvalue weighted by Gasteiger charge is 2.24. The van der Waals surface area contributed by atoms with Gasteiger partial charge in [-0.05, 0) is 24.8 Å². The first kappa shape index (κ1) is 12.1. The molecule has 1 fully saturated rings. The lowest BCUT2D eigenvalue weighted by molar-refractivity contribution is 0.0583. The summed E-state index contributed by atoms with van der Waals surface area (Å²) in [6.07, 6.45) is 1.94. The molecule has 2 rings (SSSR count). The van der Waals surface area contributed by atoms with Crippen LogP contribution in [0.5, 0.6) is 0 Å². The van der Waals surface area contributed by atoms with Crippen molar-refractivity contribution >= 4 is 23.2 Å². The lowest BCUT2D eigenvalue weighted by Gasteiger charge is -2.28. The molecular formula is C11H14Cl2N2O. The van der Waals surface area contributed by atoms with Gasteiger partial charge in [0.15, 0.2) is 0 Å². The fraction of sp³-hybridized carbons (Fsp3) is 0.545. The lowest BCUT2D eigenvalue weighted by atomic mass is 9.88. The molecule has 88 valence electrons. The number of nitrogens with zero attached hydrogens (tertiary/aromatic N) is 1. The summed E-state index contributed by atoms with van der Waals surface area (Å²) in [6, 6.07) is 3.50. The van der Waals surface area contributed by atoms with Crippen LogP contribution in [-0.4, -0.2) is 18.2 Å². The Hall–Kier alpha value is -0.350. The molecule has 1 saturated heterocycles. The molecule has 0 radical (unpaired) electrons. The first-order valence-electron chi connectivity index (χ1n) is 5.34. The second kappa shape index (κ2) is 5.32. The van der Waals surface area contributed by atoms with Crippen LogP contribution in [0.15, 0.2) is 12.1 Å². The maximum absolute atomic E-state index is 6.20. The second-order valence-electron chi connectivity index (χ2n) is 3.99. The lowest BCUT2D eigenvalue weighted by Crippen LogP contribution is -2.27. The normalized spacial score (nSPS) is 19.7. The topological polar surface area (TPSA) is 48.1 Å². The van der Waals surface area contributed by atoms with Crippen molar-refractivity contribution in [1.82, 2.24) is 4.98 Å². The van der Waals surface area contributed by atoms with Gasteiger partial charge in [0.05, 0.1) is 0 Å². The summed E-state index contributed by atoms with van der Waals surface area (Å²) in [7, 11) is 0. The first-order chi connectivity index (χ1) is 7.68. The molecule has 0 saturated carbocycles. The molecule has 1 aromatic heterocycles. The molecule has 1 atom stereocenters. The molecule has 16 heavy (non-hydrogen) atoms. The highest BCUT2D eigenvalue weighted by atomic mass is 35.5. The van der Waals surface area contributed by atoms with E-state index in [-0.39, 0.29) is 6.04 Å². The summed E-state index contributed by atoms with van der Waals surface area (Å²) in [6.45, 7) is 1.55. The van der Waals surface area contributed by atoms with Crippen LogP contribution in [0.3, 0.4) is 0 Å². The fourth-order valence-electron chi connectivity index (χ4n) is 2.00. The number of nitrogens with two attached hydrogens (primary N) is 1. The molecule has 0 amide bonds. The summed E-state index contributed by atoms with van der Waals surface area (Å²) in [5, 5.41) is 0.805. The van der Waals surface area contributed by atoms with Crippen LogP contribution in [0, 0.1) is 5.92 Å². The van der Waals surface area contributed by atoms with Crippen LogP contribution in [0.25, 0.3) is 0 Å². The smallest absolute Gasteiger partial charge is 0.135 e. The zero-order valence-electron chi connectivity index (χ0n) is 8.83. The van der Waals surface area contributed by atoms with Gasteiger partial charge in [-0.15, -0.1) is 0 Å². The monoisotopic (exact) mass is 260 g/mol. The number of halogens is 2. The molecule has 2 N–H and O–H groups in total. The predicted octanol–water partition coefficient (Wildman–Crippen LogP) is 2.81. The Morgan fingerprint density at radius 2 is 2.00 bits per heavy atom. The zero-order chi connectivity index (χ0) is 11.5. The van der Waals surface area contributed by atoms with E-state index in [1.807, 2.05) is 6.07 Å². The Kier molecular flexibility index (Phi) is 4.03. The molecular weight excluding hydrogens is 247 g/mol. The molecule has 0 aromatic carbocycles. The molecule has 3 nitrogen and oxygen atoms in total. The fourth-order valence-corrected chi connectivity index (χ4v) is 2.47. The van der Waals surface area contributed by atoms with E-state index in [1.165, 1.54) is 0 Å². The third-order valence-electron chi connectivity index (χ3n) is 2.98. The Morgan fingerprint density at radius 1 is 1.31 bits per heavy atom. The molecule has 1 aliphatic rings. The number of ether oxygens (including phenoxy) is 1. The van der Waals surface area contributed by atoms with Crippen LogP contribution in [0.1, 0.15) is 24.4 Å². The summed E-state index contributed by atoms with van der Waals surface area (Å²) < 4.78 is 5.31. The second-order valence-corrected chi connectivity index (χ2v) is 4.73. The van der Waals surface area contributed by atoms with Crippen molar-refractivity contribution in [3.8, 4) is 0 Å². The van der Waals surface area contributed by atoms with Gasteiger partial charge in [-0.3, -0.25) is 0 Å². The SMILES string of the molecule is N[C@@H](c1ccc(Cl)nc1Cl)C1CCOCC1. The Bertz CT molecular complexity index is 367. The summed E-state index contributed by atoms with van der Waals surface area (Å²) in [5.41, 5.74) is 7.07. The van der Waals surface area contributed by atoms with Crippen molar-refractivity contribution in [3.63, 3.8) is 0 Å². The van der Waals surface area contributed by atoms with E-state index in [1.54, 1.807) is 6.07 Å². The van der Waals surface area contributed by atoms with Gasteiger partial charge in [-0.25, -0.2) is 4.98 Å². The van der Waals surface area contributed by atoms with E-state index in [9.17, 15) is 0 Å². The van der Waals surface area contributed by atoms with Crippen molar-refractivity contribution in [2.75, 3.05) is 13.2 Å². The summed E-state index contributed by atoms with van der Waals surface area (Å²) >= 11 is 11.8. The first-order valence-corrected chi connectivity index (χ1v) is 6.09. The van der Waals surface area contributed by atoms with E-state index < -0.39 is 0 Å². The van der Waals surface area contributed by atoms with E-state index in [4.69, 9.17) is 33.7 Å². The molecule has 0 unspecified atom stereocenters.